The summed E-state index contributed by atoms with van der Waals surface area (Å²) in [6, 6.07) is 0. The molecular weight excluding hydrogens is 232 g/mol. The molecule has 100 valence electrons. The SMILES string of the molecule is CCCC1(C(=O)NCC(C)CSC)CCCN1. The molecule has 2 atom stereocenters. The molecule has 1 rings (SSSR count). The second kappa shape index (κ2) is 7.27. The second-order valence-corrected chi connectivity index (χ2v) is 6.04. The van der Waals surface area contributed by atoms with Crippen LogP contribution in [0.5, 0.6) is 0 Å². The molecule has 1 fully saturated rings. The highest BCUT2D eigenvalue weighted by molar-refractivity contribution is 7.98. The molecule has 0 aliphatic carbocycles. The van der Waals surface area contributed by atoms with E-state index in [0.717, 1.165) is 44.5 Å². The van der Waals surface area contributed by atoms with Crippen LogP contribution in [-0.4, -0.2) is 36.5 Å². The second-order valence-electron chi connectivity index (χ2n) is 5.13. The molecule has 0 aromatic carbocycles. The van der Waals surface area contributed by atoms with Crippen molar-refractivity contribution in [2.75, 3.05) is 25.1 Å². The molecule has 1 aliphatic rings. The lowest BCUT2D eigenvalue weighted by molar-refractivity contribution is -0.127. The van der Waals surface area contributed by atoms with Gasteiger partial charge in [-0.25, -0.2) is 0 Å². The number of rotatable bonds is 7. The van der Waals surface area contributed by atoms with E-state index in [4.69, 9.17) is 0 Å². The van der Waals surface area contributed by atoms with Crippen molar-refractivity contribution >= 4 is 17.7 Å². The van der Waals surface area contributed by atoms with Crippen molar-refractivity contribution in [2.45, 2.75) is 45.1 Å². The van der Waals surface area contributed by atoms with E-state index in [1.165, 1.54) is 0 Å². The van der Waals surface area contributed by atoms with E-state index in [1.54, 1.807) is 0 Å². The Morgan fingerprint density at radius 2 is 2.35 bits per heavy atom. The Morgan fingerprint density at radius 1 is 1.59 bits per heavy atom. The fraction of sp³-hybridized carbons (Fsp3) is 0.923. The van der Waals surface area contributed by atoms with Gasteiger partial charge in [0.25, 0.3) is 0 Å². The van der Waals surface area contributed by atoms with Crippen LogP contribution in [0, 0.1) is 5.92 Å². The molecule has 4 heteroatoms. The highest BCUT2D eigenvalue weighted by Crippen LogP contribution is 2.24. The fourth-order valence-electron chi connectivity index (χ4n) is 2.53. The normalized spacial score (nSPS) is 25.8. The van der Waals surface area contributed by atoms with Crippen LogP contribution in [0.15, 0.2) is 0 Å². The van der Waals surface area contributed by atoms with Crippen molar-refractivity contribution < 1.29 is 4.79 Å². The van der Waals surface area contributed by atoms with Gasteiger partial charge in [-0.15, -0.1) is 0 Å². The van der Waals surface area contributed by atoms with Crippen LogP contribution in [0.4, 0.5) is 0 Å². The Bertz CT molecular complexity index is 240. The number of carbonyl (C=O) groups is 1. The number of nitrogens with one attached hydrogen (secondary N) is 2. The van der Waals surface area contributed by atoms with Crippen LogP contribution in [0.3, 0.4) is 0 Å². The van der Waals surface area contributed by atoms with Crippen molar-refractivity contribution in [2.24, 2.45) is 5.92 Å². The van der Waals surface area contributed by atoms with Gasteiger partial charge in [-0.2, -0.15) is 11.8 Å². The fourth-order valence-corrected chi connectivity index (χ4v) is 3.22. The lowest BCUT2D eigenvalue weighted by Gasteiger charge is -2.28. The number of hydrogen-bond donors (Lipinski definition) is 2. The molecule has 17 heavy (non-hydrogen) atoms. The van der Waals surface area contributed by atoms with Gasteiger partial charge in [-0.05, 0) is 43.7 Å². The number of amides is 1. The molecule has 1 amide bonds. The van der Waals surface area contributed by atoms with Gasteiger partial charge in [-0.1, -0.05) is 20.3 Å². The summed E-state index contributed by atoms with van der Waals surface area (Å²) in [7, 11) is 0. The zero-order valence-electron chi connectivity index (χ0n) is 11.3. The lowest BCUT2D eigenvalue weighted by atomic mass is 9.90. The van der Waals surface area contributed by atoms with Crippen molar-refractivity contribution in [3.8, 4) is 0 Å². The predicted octanol–water partition coefficient (Wildman–Crippen LogP) is 2.02. The first-order valence-electron chi connectivity index (χ1n) is 6.67. The average molecular weight is 258 g/mol. The maximum absolute atomic E-state index is 12.3. The summed E-state index contributed by atoms with van der Waals surface area (Å²) in [5.74, 6) is 1.87. The van der Waals surface area contributed by atoms with E-state index in [9.17, 15) is 4.79 Å². The largest absolute Gasteiger partial charge is 0.354 e. The maximum Gasteiger partial charge on any atom is 0.240 e. The van der Waals surface area contributed by atoms with Crippen molar-refractivity contribution in [1.82, 2.24) is 10.6 Å². The van der Waals surface area contributed by atoms with Crippen LogP contribution in [0.25, 0.3) is 0 Å². The van der Waals surface area contributed by atoms with Gasteiger partial charge in [0.15, 0.2) is 0 Å². The molecule has 3 nitrogen and oxygen atoms in total. The Labute approximate surface area is 109 Å². The Morgan fingerprint density at radius 3 is 2.88 bits per heavy atom. The molecule has 0 saturated carbocycles. The third-order valence-corrected chi connectivity index (χ3v) is 4.32. The minimum atomic E-state index is -0.270. The molecule has 2 N–H and O–H groups in total. The van der Waals surface area contributed by atoms with Crippen molar-refractivity contribution in [3.05, 3.63) is 0 Å². The minimum absolute atomic E-state index is 0.213. The van der Waals surface area contributed by atoms with Crippen LogP contribution in [0.2, 0.25) is 0 Å². The highest BCUT2D eigenvalue weighted by atomic mass is 32.2. The summed E-state index contributed by atoms with van der Waals surface area (Å²) in [6.07, 6.45) is 6.23. The van der Waals surface area contributed by atoms with Crippen molar-refractivity contribution in [1.29, 1.82) is 0 Å². The van der Waals surface area contributed by atoms with Crippen LogP contribution >= 0.6 is 11.8 Å². The summed E-state index contributed by atoms with van der Waals surface area (Å²) in [4.78, 5) is 12.3. The summed E-state index contributed by atoms with van der Waals surface area (Å²) in [5, 5.41) is 6.53. The van der Waals surface area contributed by atoms with E-state index in [1.807, 2.05) is 11.8 Å². The molecule has 0 spiro atoms. The average Bonchev–Trinajstić information content (AvgIpc) is 2.77. The summed E-state index contributed by atoms with van der Waals surface area (Å²) in [6.45, 7) is 6.11. The number of carbonyl (C=O) groups excluding carboxylic acids is 1. The Balaban J connectivity index is 2.43. The zero-order valence-corrected chi connectivity index (χ0v) is 12.2. The molecule has 0 aromatic rings. The lowest BCUT2D eigenvalue weighted by Crippen LogP contribution is -2.54. The zero-order chi connectivity index (χ0) is 12.7. The third-order valence-electron chi connectivity index (χ3n) is 3.42. The van der Waals surface area contributed by atoms with Crippen LogP contribution in [-0.2, 0) is 4.79 Å². The summed E-state index contributed by atoms with van der Waals surface area (Å²) in [5.41, 5.74) is -0.270. The van der Waals surface area contributed by atoms with E-state index in [-0.39, 0.29) is 11.4 Å². The first-order valence-corrected chi connectivity index (χ1v) is 8.06. The summed E-state index contributed by atoms with van der Waals surface area (Å²) < 4.78 is 0. The predicted molar refractivity (Wildman–Crippen MR) is 75.4 cm³/mol. The first-order chi connectivity index (χ1) is 8.14. The number of thioether (sulfide) groups is 1. The van der Waals surface area contributed by atoms with Gasteiger partial charge in [0.1, 0.15) is 0 Å². The third kappa shape index (κ3) is 4.18. The Hall–Kier alpha value is -0.220. The topological polar surface area (TPSA) is 41.1 Å². The van der Waals surface area contributed by atoms with Gasteiger partial charge in [0.2, 0.25) is 5.91 Å². The van der Waals surface area contributed by atoms with E-state index in [2.05, 4.69) is 30.7 Å². The quantitative estimate of drug-likeness (QED) is 0.734. The monoisotopic (exact) mass is 258 g/mol. The molecule has 0 radical (unpaired) electrons. The van der Waals surface area contributed by atoms with Gasteiger partial charge < -0.3 is 10.6 Å². The molecule has 2 unspecified atom stereocenters. The van der Waals surface area contributed by atoms with Gasteiger partial charge in [-0.3, -0.25) is 4.79 Å². The van der Waals surface area contributed by atoms with Gasteiger partial charge in [0, 0.05) is 6.54 Å². The van der Waals surface area contributed by atoms with Gasteiger partial charge in [0.05, 0.1) is 5.54 Å². The smallest absolute Gasteiger partial charge is 0.240 e. The van der Waals surface area contributed by atoms with Gasteiger partial charge >= 0.3 is 0 Å². The van der Waals surface area contributed by atoms with Crippen LogP contribution in [0.1, 0.15) is 39.5 Å². The molecule has 1 aliphatic heterocycles. The molecule has 1 saturated heterocycles. The number of hydrogen-bond acceptors (Lipinski definition) is 3. The Kier molecular flexibility index (Phi) is 6.34. The molecular formula is C13H26N2OS. The minimum Gasteiger partial charge on any atom is -0.354 e. The standard InChI is InChI=1S/C13H26N2OS/c1-4-6-13(7-5-8-15-13)12(16)14-9-11(2)10-17-3/h11,15H,4-10H2,1-3H3,(H,14,16). The van der Waals surface area contributed by atoms with E-state index < -0.39 is 0 Å². The maximum atomic E-state index is 12.3. The molecule has 0 aromatic heterocycles. The van der Waals surface area contributed by atoms with Crippen LogP contribution < -0.4 is 10.6 Å². The summed E-state index contributed by atoms with van der Waals surface area (Å²) >= 11 is 1.84. The van der Waals surface area contributed by atoms with E-state index in [0.29, 0.717) is 5.92 Å². The first kappa shape index (κ1) is 14.8. The van der Waals surface area contributed by atoms with Crippen molar-refractivity contribution in [3.63, 3.8) is 0 Å². The molecule has 0 bridgehead atoms. The molecule has 1 heterocycles. The van der Waals surface area contributed by atoms with E-state index >= 15 is 0 Å². The highest BCUT2D eigenvalue weighted by Gasteiger charge is 2.39.